The van der Waals surface area contributed by atoms with Gasteiger partial charge >= 0.3 is 0 Å². The molecule has 0 atom stereocenters. The maximum atomic E-state index is 5.66. The molecule has 4 aromatic carbocycles. The predicted octanol–water partition coefficient (Wildman–Crippen LogP) is 6.29. The summed E-state index contributed by atoms with van der Waals surface area (Å²) in [6.07, 6.45) is 0. The highest BCUT2D eigenvalue weighted by Gasteiger charge is 2.14. The Morgan fingerprint density at radius 3 is 1.27 bits per heavy atom. The fourth-order valence-electron chi connectivity index (χ4n) is 3.35. The minimum Gasteiger partial charge on any atom is -0.481 e. The van der Waals surface area contributed by atoms with Crippen LogP contribution in [0.5, 0.6) is 0 Å². The van der Waals surface area contributed by atoms with Gasteiger partial charge in [0.2, 0.25) is 11.8 Å². The molecule has 0 N–H and O–H groups in total. The summed E-state index contributed by atoms with van der Waals surface area (Å²) in [5, 5.41) is 2.04. The molecule has 0 radical (unpaired) electrons. The molecule has 0 aliphatic rings. The van der Waals surface area contributed by atoms with Gasteiger partial charge in [0.25, 0.3) is 0 Å². The van der Waals surface area contributed by atoms with Crippen LogP contribution in [0.4, 0.5) is 11.4 Å². The van der Waals surface area contributed by atoms with Crippen molar-refractivity contribution in [1.82, 2.24) is 0 Å². The molecular formula is C26H22N2O2. The number of rotatable bonds is 4. The summed E-state index contributed by atoms with van der Waals surface area (Å²) in [6.45, 7) is 0. The SMILES string of the molecule is CO/C(=N\c1ccccc1)c1cccc2c(/C(=N/c3ccccc3)OC)cccc12. The first kappa shape index (κ1) is 19.4. The van der Waals surface area contributed by atoms with E-state index in [9.17, 15) is 0 Å². The molecule has 148 valence electrons. The first-order valence-electron chi connectivity index (χ1n) is 9.68. The minimum absolute atomic E-state index is 0.558. The van der Waals surface area contributed by atoms with Gasteiger partial charge in [0.15, 0.2) is 0 Å². The highest BCUT2D eigenvalue weighted by atomic mass is 16.5. The van der Waals surface area contributed by atoms with E-state index in [-0.39, 0.29) is 0 Å². The number of benzene rings is 4. The predicted molar refractivity (Wildman–Crippen MR) is 123 cm³/mol. The van der Waals surface area contributed by atoms with Gasteiger partial charge in [-0.25, -0.2) is 9.98 Å². The molecule has 4 aromatic rings. The molecule has 0 amide bonds. The molecule has 0 aliphatic heterocycles. The average Bonchev–Trinajstić information content (AvgIpc) is 2.82. The van der Waals surface area contributed by atoms with Crippen molar-refractivity contribution in [2.24, 2.45) is 9.98 Å². The van der Waals surface area contributed by atoms with Crippen LogP contribution in [0.15, 0.2) is 107 Å². The third-order valence-corrected chi connectivity index (χ3v) is 4.74. The van der Waals surface area contributed by atoms with E-state index in [1.165, 1.54) is 0 Å². The van der Waals surface area contributed by atoms with E-state index >= 15 is 0 Å². The van der Waals surface area contributed by atoms with Crippen LogP contribution in [0.1, 0.15) is 11.1 Å². The van der Waals surface area contributed by atoms with Gasteiger partial charge in [0.1, 0.15) is 0 Å². The number of aliphatic imine (C=N–C) groups is 2. The zero-order chi connectivity index (χ0) is 20.8. The zero-order valence-corrected chi connectivity index (χ0v) is 16.9. The first-order valence-corrected chi connectivity index (χ1v) is 9.68. The summed E-state index contributed by atoms with van der Waals surface area (Å²) in [4.78, 5) is 9.39. The number of nitrogens with zero attached hydrogens (tertiary/aromatic N) is 2. The quantitative estimate of drug-likeness (QED) is 0.302. The van der Waals surface area contributed by atoms with E-state index < -0.39 is 0 Å². The molecular weight excluding hydrogens is 372 g/mol. The van der Waals surface area contributed by atoms with Crippen molar-refractivity contribution in [3.63, 3.8) is 0 Å². The zero-order valence-electron chi connectivity index (χ0n) is 16.9. The summed E-state index contributed by atoms with van der Waals surface area (Å²) in [5.74, 6) is 1.12. The van der Waals surface area contributed by atoms with Crippen LogP contribution >= 0.6 is 0 Å². The number of ether oxygens (including phenoxy) is 2. The maximum Gasteiger partial charge on any atom is 0.221 e. The van der Waals surface area contributed by atoms with Crippen LogP contribution in [0.2, 0.25) is 0 Å². The Balaban J connectivity index is 1.86. The van der Waals surface area contributed by atoms with E-state index in [4.69, 9.17) is 19.5 Å². The van der Waals surface area contributed by atoms with Gasteiger partial charge in [0, 0.05) is 11.1 Å². The monoisotopic (exact) mass is 394 g/mol. The van der Waals surface area contributed by atoms with Crippen molar-refractivity contribution in [3.8, 4) is 0 Å². The van der Waals surface area contributed by atoms with E-state index in [1.54, 1.807) is 14.2 Å². The smallest absolute Gasteiger partial charge is 0.221 e. The van der Waals surface area contributed by atoms with Crippen LogP contribution < -0.4 is 0 Å². The van der Waals surface area contributed by atoms with E-state index in [1.807, 2.05) is 84.9 Å². The summed E-state index contributed by atoms with van der Waals surface area (Å²) in [5.41, 5.74) is 3.50. The molecule has 0 saturated heterocycles. The fourth-order valence-corrected chi connectivity index (χ4v) is 3.35. The average molecular weight is 394 g/mol. The highest BCUT2D eigenvalue weighted by molar-refractivity contribution is 6.14. The lowest BCUT2D eigenvalue weighted by atomic mass is 9.99. The lowest BCUT2D eigenvalue weighted by molar-refractivity contribution is 0.405. The number of hydrogen-bond acceptors (Lipinski definition) is 4. The molecule has 0 aliphatic carbocycles. The van der Waals surface area contributed by atoms with Gasteiger partial charge in [-0.15, -0.1) is 0 Å². The minimum atomic E-state index is 0.558. The van der Waals surface area contributed by atoms with Gasteiger partial charge in [-0.2, -0.15) is 0 Å². The number of fused-ring (bicyclic) bond motifs is 1. The summed E-state index contributed by atoms with van der Waals surface area (Å²) in [7, 11) is 3.28. The van der Waals surface area contributed by atoms with Gasteiger partial charge in [0.05, 0.1) is 25.6 Å². The van der Waals surface area contributed by atoms with Crippen LogP contribution in [0.3, 0.4) is 0 Å². The third-order valence-electron chi connectivity index (χ3n) is 4.74. The Morgan fingerprint density at radius 1 is 0.500 bits per heavy atom. The van der Waals surface area contributed by atoms with Crippen LogP contribution in [0, 0.1) is 0 Å². The molecule has 0 saturated carbocycles. The molecule has 4 heteroatoms. The molecule has 0 fully saturated rings. The van der Waals surface area contributed by atoms with E-state index in [0.29, 0.717) is 11.8 Å². The molecule has 4 nitrogen and oxygen atoms in total. The lowest BCUT2D eigenvalue weighted by Gasteiger charge is -2.13. The molecule has 0 unspecified atom stereocenters. The van der Waals surface area contributed by atoms with Crippen LogP contribution in [-0.4, -0.2) is 26.0 Å². The normalized spacial score (nSPS) is 12.1. The molecule has 0 aromatic heterocycles. The van der Waals surface area contributed by atoms with Gasteiger partial charge in [-0.05, 0) is 47.2 Å². The molecule has 0 heterocycles. The van der Waals surface area contributed by atoms with Crippen molar-refractivity contribution in [3.05, 3.63) is 108 Å². The van der Waals surface area contributed by atoms with Crippen LogP contribution in [0.25, 0.3) is 10.8 Å². The van der Waals surface area contributed by atoms with Crippen molar-refractivity contribution in [2.45, 2.75) is 0 Å². The summed E-state index contributed by atoms with van der Waals surface area (Å²) >= 11 is 0. The number of para-hydroxylation sites is 2. The molecule has 0 spiro atoms. The molecule has 30 heavy (non-hydrogen) atoms. The summed E-state index contributed by atoms with van der Waals surface area (Å²) < 4.78 is 11.3. The van der Waals surface area contributed by atoms with E-state index in [0.717, 1.165) is 33.3 Å². The van der Waals surface area contributed by atoms with Crippen molar-refractivity contribution >= 4 is 33.9 Å². The molecule has 4 rings (SSSR count). The molecule has 0 bridgehead atoms. The topological polar surface area (TPSA) is 43.2 Å². The largest absolute Gasteiger partial charge is 0.481 e. The van der Waals surface area contributed by atoms with Gasteiger partial charge in [-0.3, -0.25) is 0 Å². The third kappa shape index (κ3) is 4.08. The Bertz CT molecular complexity index is 1100. The second-order valence-corrected chi connectivity index (χ2v) is 6.62. The van der Waals surface area contributed by atoms with Gasteiger partial charge < -0.3 is 9.47 Å². The Kier molecular flexibility index (Phi) is 5.85. The number of hydrogen-bond donors (Lipinski definition) is 0. The Labute approximate surface area is 176 Å². The Hall–Kier alpha value is -3.92. The second kappa shape index (κ2) is 9.05. The fraction of sp³-hybridized carbons (Fsp3) is 0.0769. The Morgan fingerprint density at radius 2 is 0.900 bits per heavy atom. The van der Waals surface area contributed by atoms with Gasteiger partial charge in [-0.1, -0.05) is 60.7 Å². The second-order valence-electron chi connectivity index (χ2n) is 6.62. The summed E-state index contributed by atoms with van der Waals surface area (Å²) in [6, 6.07) is 31.7. The van der Waals surface area contributed by atoms with E-state index in [2.05, 4.69) is 12.1 Å². The number of methoxy groups -OCH3 is 2. The standard InChI is InChI=1S/C26H22N2O2/c1-29-25(27-19-11-5-3-6-12-19)23-17-9-16-22-21(23)15-10-18-24(22)26(30-2)28-20-13-7-4-8-14-20/h3-18H,1-2H3/b27-25-,28-26-. The lowest BCUT2D eigenvalue weighted by Crippen LogP contribution is -2.07. The van der Waals surface area contributed by atoms with Crippen molar-refractivity contribution in [1.29, 1.82) is 0 Å². The maximum absolute atomic E-state index is 5.66. The van der Waals surface area contributed by atoms with Crippen molar-refractivity contribution in [2.75, 3.05) is 14.2 Å². The van der Waals surface area contributed by atoms with Crippen molar-refractivity contribution < 1.29 is 9.47 Å². The highest BCUT2D eigenvalue weighted by Crippen LogP contribution is 2.26. The van der Waals surface area contributed by atoms with Crippen LogP contribution in [-0.2, 0) is 9.47 Å². The first-order chi connectivity index (χ1) is 14.8.